The Labute approximate surface area is 106 Å². The second-order valence-corrected chi connectivity index (χ2v) is 4.22. The molecule has 0 radical (unpaired) electrons. The van der Waals surface area contributed by atoms with Crippen LogP contribution in [0.25, 0.3) is 0 Å². The van der Waals surface area contributed by atoms with Crippen LogP contribution in [0.15, 0.2) is 42.5 Å². The summed E-state index contributed by atoms with van der Waals surface area (Å²) in [6.07, 6.45) is 0. The van der Waals surface area contributed by atoms with Gasteiger partial charge in [-0.15, -0.1) is 0 Å². The van der Waals surface area contributed by atoms with Crippen molar-refractivity contribution in [2.75, 3.05) is 12.4 Å². The molecule has 0 saturated carbocycles. The van der Waals surface area contributed by atoms with E-state index in [0.717, 1.165) is 22.7 Å². The van der Waals surface area contributed by atoms with Gasteiger partial charge in [0.15, 0.2) is 0 Å². The number of methoxy groups -OCH3 is 1. The fourth-order valence-corrected chi connectivity index (χ4v) is 1.79. The zero-order valence-electron chi connectivity index (χ0n) is 9.83. The van der Waals surface area contributed by atoms with Crippen LogP contribution in [-0.2, 0) is 0 Å². The summed E-state index contributed by atoms with van der Waals surface area (Å²) in [7, 11) is 1.66. The molecule has 2 aromatic carbocycles. The third-order valence-electron chi connectivity index (χ3n) is 2.58. The molecule has 0 aromatic heterocycles. The monoisotopic (exact) mass is 247 g/mol. The van der Waals surface area contributed by atoms with Gasteiger partial charge in [-0.3, -0.25) is 0 Å². The smallest absolute Gasteiger partial charge is 0.142 e. The molecule has 0 unspecified atom stereocenters. The van der Waals surface area contributed by atoms with Crippen LogP contribution in [0, 0.1) is 6.92 Å². The third kappa shape index (κ3) is 2.71. The molecule has 2 aromatic rings. The maximum atomic E-state index is 5.99. The van der Waals surface area contributed by atoms with E-state index in [-0.39, 0.29) is 0 Å². The number of ether oxygens (including phenoxy) is 1. The molecule has 0 fully saturated rings. The lowest BCUT2D eigenvalue weighted by atomic mass is 10.2. The van der Waals surface area contributed by atoms with Crippen molar-refractivity contribution in [3.63, 3.8) is 0 Å². The molecule has 0 aliphatic rings. The Morgan fingerprint density at radius 3 is 2.59 bits per heavy atom. The summed E-state index contributed by atoms with van der Waals surface area (Å²) in [5.74, 6) is 0.812. The highest BCUT2D eigenvalue weighted by Gasteiger charge is 2.04. The first-order valence-corrected chi connectivity index (χ1v) is 5.74. The van der Waals surface area contributed by atoms with E-state index in [1.807, 2.05) is 49.4 Å². The molecule has 0 aliphatic carbocycles. The van der Waals surface area contributed by atoms with E-state index in [9.17, 15) is 0 Å². The van der Waals surface area contributed by atoms with Gasteiger partial charge in [-0.05, 0) is 36.8 Å². The molecule has 17 heavy (non-hydrogen) atoms. The van der Waals surface area contributed by atoms with Crippen LogP contribution in [-0.4, -0.2) is 7.11 Å². The van der Waals surface area contributed by atoms with Crippen molar-refractivity contribution in [3.8, 4) is 5.75 Å². The maximum absolute atomic E-state index is 5.99. The van der Waals surface area contributed by atoms with Crippen molar-refractivity contribution in [1.29, 1.82) is 0 Å². The molecule has 2 nitrogen and oxygen atoms in total. The summed E-state index contributed by atoms with van der Waals surface area (Å²) in [6.45, 7) is 2.04. The molecule has 0 bridgehead atoms. The third-order valence-corrected chi connectivity index (χ3v) is 2.81. The molecular formula is C14H14ClNO. The average Bonchev–Trinajstić information content (AvgIpc) is 2.34. The Morgan fingerprint density at radius 2 is 1.82 bits per heavy atom. The summed E-state index contributed by atoms with van der Waals surface area (Å²) >= 11 is 5.99. The lowest BCUT2D eigenvalue weighted by Crippen LogP contribution is -1.96. The number of anilines is 2. The molecule has 88 valence electrons. The van der Waals surface area contributed by atoms with E-state index in [2.05, 4.69) is 5.32 Å². The second kappa shape index (κ2) is 5.11. The van der Waals surface area contributed by atoms with Gasteiger partial charge in [-0.1, -0.05) is 29.8 Å². The van der Waals surface area contributed by atoms with E-state index in [1.165, 1.54) is 0 Å². The predicted molar refractivity (Wildman–Crippen MR) is 72.5 cm³/mol. The minimum atomic E-state index is 0.716. The van der Waals surface area contributed by atoms with Gasteiger partial charge in [0.25, 0.3) is 0 Å². The number of para-hydroxylation sites is 2. The highest BCUT2D eigenvalue weighted by Crippen LogP contribution is 2.29. The largest absolute Gasteiger partial charge is 0.495 e. The first kappa shape index (κ1) is 11.8. The second-order valence-electron chi connectivity index (χ2n) is 3.78. The highest BCUT2D eigenvalue weighted by molar-refractivity contribution is 6.30. The molecule has 3 heteroatoms. The van der Waals surface area contributed by atoms with Crippen molar-refractivity contribution in [2.24, 2.45) is 0 Å². The fourth-order valence-electron chi connectivity index (χ4n) is 1.62. The van der Waals surface area contributed by atoms with Crippen LogP contribution in [0.2, 0.25) is 5.02 Å². The lowest BCUT2D eigenvalue weighted by molar-refractivity contribution is 0.417. The van der Waals surface area contributed by atoms with Gasteiger partial charge >= 0.3 is 0 Å². The molecular weight excluding hydrogens is 234 g/mol. The number of benzene rings is 2. The Balaban J connectivity index is 2.34. The number of rotatable bonds is 3. The van der Waals surface area contributed by atoms with Crippen LogP contribution in [0.1, 0.15) is 5.56 Å². The van der Waals surface area contributed by atoms with Gasteiger partial charge < -0.3 is 10.1 Å². The van der Waals surface area contributed by atoms with Crippen LogP contribution >= 0.6 is 11.6 Å². The van der Waals surface area contributed by atoms with E-state index in [4.69, 9.17) is 16.3 Å². The minimum absolute atomic E-state index is 0.716. The minimum Gasteiger partial charge on any atom is -0.495 e. The SMILES string of the molecule is COc1ccccc1Nc1cc(Cl)ccc1C. The van der Waals surface area contributed by atoms with Crippen LogP contribution in [0.4, 0.5) is 11.4 Å². The van der Waals surface area contributed by atoms with Crippen LogP contribution in [0.3, 0.4) is 0 Å². The van der Waals surface area contributed by atoms with Crippen molar-refractivity contribution in [3.05, 3.63) is 53.1 Å². The van der Waals surface area contributed by atoms with Gasteiger partial charge in [-0.25, -0.2) is 0 Å². The number of hydrogen-bond acceptors (Lipinski definition) is 2. The molecule has 0 amide bonds. The fraction of sp³-hybridized carbons (Fsp3) is 0.143. The van der Waals surface area contributed by atoms with E-state index in [0.29, 0.717) is 5.02 Å². The summed E-state index contributed by atoms with van der Waals surface area (Å²) in [5, 5.41) is 4.04. The zero-order valence-corrected chi connectivity index (χ0v) is 10.6. The van der Waals surface area contributed by atoms with E-state index in [1.54, 1.807) is 7.11 Å². The van der Waals surface area contributed by atoms with E-state index < -0.39 is 0 Å². The summed E-state index contributed by atoms with van der Waals surface area (Å²) in [4.78, 5) is 0. The molecule has 0 heterocycles. The summed E-state index contributed by atoms with van der Waals surface area (Å²) < 4.78 is 5.29. The molecule has 0 atom stereocenters. The van der Waals surface area contributed by atoms with Gasteiger partial charge in [-0.2, -0.15) is 0 Å². The van der Waals surface area contributed by atoms with Gasteiger partial charge in [0.05, 0.1) is 12.8 Å². The summed E-state index contributed by atoms with van der Waals surface area (Å²) in [6, 6.07) is 13.6. The topological polar surface area (TPSA) is 21.3 Å². The Morgan fingerprint density at radius 1 is 1.06 bits per heavy atom. The predicted octanol–water partition coefficient (Wildman–Crippen LogP) is 4.40. The molecule has 2 rings (SSSR count). The number of hydrogen-bond donors (Lipinski definition) is 1. The standard InChI is InChI=1S/C14H14ClNO/c1-10-7-8-11(15)9-13(10)16-12-5-3-4-6-14(12)17-2/h3-9,16H,1-2H3. The normalized spacial score (nSPS) is 10.1. The van der Waals surface area contributed by atoms with Crippen molar-refractivity contribution in [1.82, 2.24) is 0 Å². The van der Waals surface area contributed by atoms with Gasteiger partial charge in [0.1, 0.15) is 5.75 Å². The van der Waals surface area contributed by atoms with Crippen molar-refractivity contribution >= 4 is 23.0 Å². The Kier molecular flexibility index (Phi) is 3.55. The van der Waals surface area contributed by atoms with Crippen molar-refractivity contribution < 1.29 is 4.74 Å². The number of halogens is 1. The molecule has 1 N–H and O–H groups in total. The van der Waals surface area contributed by atoms with Gasteiger partial charge in [0.2, 0.25) is 0 Å². The maximum Gasteiger partial charge on any atom is 0.142 e. The molecule has 0 spiro atoms. The van der Waals surface area contributed by atoms with Crippen LogP contribution < -0.4 is 10.1 Å². The van der Waals surface area contributed by atoms with E-state index >= 15 is 0 Å². The molecule has 0 saturated heterocycles. The summed E-state index contributed by atoms with van der Waals surface area (Å²) in [5.41, 5.74) is 3.06. The first-order valence-electron chi connectivity index (χ1n) is 5.37. The molecule has 0 aliphatic heterocycles. The highest BCUT2D eigenvalue weighted by atomic mass is 35.5. The Bertz CT molecular complexity index is 525. The number of aryl methyl sites for hydroxylation is 1. The van der Waals surface area contributed by atoms with Gasteiger partial charge in [0, 0.05) is 10.7 Å². The quantitative estimate of drug-likeness (QED) is 0.868. The first-order chi connectivity index (χ1) is 8.20. The van der Waals surface area contributed by atoms with Crippen LogP contribution in [0.5, 0.6) is 5.75 Å². The lowest BCUT2D eigenvalue weighted by Gasteiger charge is -2.13. The number of nitrogens with one attached hydrogen (secondary N) is 1. The zero-order chi connectivity index (χ0) is 12.3. The van der Waals surface area contributed by atoms with Crippen molar-refractivity contribution in [2.45, 2.75) is 6.92 Å². The Hall–Kier alpha value is -1.67. The average molecular weight is 248 g/mol.